The second kappa shape index (κ2) is 17.5. The second-order valence-corrected chi connectivity index (χ2v) is 23.5. The van der Waals surface area contributed by atoms with Crippen LogP contribution < -0.4 is 0 Å². The number of aliphatic hydroxyl groups excluding tert-OH is 9. The number of carboxylic acid groups (broad SMARTS) is 1. The van der Waals surface area contributed by atoms with Crippen molar-refractivity contribution in [1.82, 2.24) is 0 Å². The Labute approximate surface area is 382 Å². The first-order valence-electron chi connectivity index (χ1n) is 24.2. The minimum absolute atomic E-state index is 0.0305. The molecule has 65 heavy (non-hydrogen) atoms. The molecule has 0 unspecified atom stereocenters. The monoisotopic (exact) mass is 927 g/mol. The summed E-state index contributed by atoms with van der Waals surface area (Å²) in [5, 5.41) is 107. The lowest BCUT2D eigenvalue weighted by molar-refractivity contribution is -0.365. The molecule has 8 rings (SSSR count). The highest BCUT2D eigenvalue weighted by molar-refractivity contribution is 5.76. The lowest BCUT2D eigenvalue weighted by Gasteiger charge is -2.71. The van der Waals surface area contributed by atoms with Crippen LogP contribution in [0.3, 0.4) is 0 Å². The van der Waals surface area contributed by atoms with Crippen molar-refractivity contribution >= 4 is 5.97 Å². The average molecular weight is 927 g/mol. The summed E-state index contributed by atoms with van der Waals surface area (Å²) in [6.07, 6.45) is -12.3. The van der Waals surface area contributed by atoms with Gasteiger partial charge in [0.15, 0.2) is 18.9 Å². The normalized spacial score (nSPS) is 54.0. The Kier molecular flexibility index (Phi) is 13.4. The molecule has 0 bridgehead atoms. The molecule has 3 saturated heterocycles. The third-order valence-corrected chi connectivity index (χ3v) is 19.3. The van der Waals surface area contributed by atoms with Crippen LogP contribution in [-0.2, 0) is 33.2 Å². The SMILES string of the molecule is C[C@@H]1O[C@@H](O[C@H]2[C@H](O)[C@@H](O)[C@H](OC[C@H]3O[C@@H](O[C@H]4CC[C@]5(C)[C@H]6CC=C7[C@@H]8CC(C)(C)CC[C@]8(C(=O)O)CC[C@@]7(C)[C@]6(C)CC[C@H]5C4(C)C)[C@H](O)[C@@H](O)[C@@H]3O)O[C@@H]2CO)[C@H](O)[C@H](O)[C@H]1O. The predicted molar refractivity (Wildman–Crippen MR) is 229 cm³/mol. The van der Waals surface area contributed by atoms with Gasteiger partial charge in [0.05, 0.1) is 30.8 Å². The Morgan fingerprint density at radius 2 is 1.29 bits per heavy atom. The molecule has 372 valence electrons. The van der Waals surface area contributed by atoms with E-state index in [1.54, 1.807) is 0 Å². The van der Waals surface area contributed by atoms with Crippen LogP contribution in [0.5, 0.6) is 0 Å². The molecule has 0 spiro atoms. The second-order valence-electron chi connectivity index (χ2n) is 23.5. The van der Waals surface area contributed by atoms with E-state index in [1.165, 1.54) is 12.5 Å². The highest BCUT2D eigenvalue weighted by atomic mass is 16.8. The fourth-order valence-electron chi connectivity index (χ4n) is 15.0. The first-order valence-corrected chi connectivity index (χ1v) is 24.2. The van der Waals surface area contributed by atoms with Gasteiger partial charge in [-0.3, -0.25) is 4.79 Å². The van der Waals surface area contributed by atoms with Crippen molar-refractivity contribution < 1.29 is 84.3 Å². The van der Waals surface area contributed by atoms with Crippen LogP contribution in [0.1, 0.15) is 120 Å². The van der Waals surface area contributed by atoms with E-state index in [9.17, 15) is 55.9 Å². The van der Waals surface area contributed by atoms with Gasteiger partial charge in [0, 0.05) is 0 Å². The number of fused-ring (bicyclic) bond motifs is 7. The largest absolute Gasteiger partial charge is 0.481 e. The smallest absolute Gasteiger partial charge is 0.310 e. The minimum atomic E-state index is -1.79. The highest BCUT2D eigenvalue weighted by Gasteiger charge is 2.70. The molecule has 23 atom stereocenters. The summed E-state index contributed by atoms with van der Waals surface area (Å²) in [5.41, 5.74) is 0.128. The van der Waals surface area contributed by atoms with E-state index in [-0.39, 0.29) is 33.5 Å². The first kappa shape index (κ1) is 50.0. The molecule has 10 N–H and O–H groups in total. The van der Waals surface area contributed by atoms with Crippen LogP contribution in [0, 0.1) is 50.2 Å². The molecule has 0 aromatic rings. The van der Waals surface area contributed by atoms with E-state index in [2.05, 4.69) is 54.5 Å². The van der Waals surface area contributed by atoms with Crippen molar-refractivity contribution in [2.45, 2.75) is 218 Å². The number of allylic oxidation sites excluding steroid dienone is 2. The van der Waals surface area contributed by atoms with Crippen LogP contribution >= 0.6 is 0 Å². The van der Waals surface area contributed by atoms with Crippen LogP contribution in [-0.4, -0.2) is 168 Å². The zero-order valence-electron chi connectivity index (χ0n) is 39.4. The highest BCUT2D eigenvalue weighted by Crippen LogP contribution is 2.76. The van der Waals surface area contributed by atoms with Crippen molar-refractivity contribution in [1.29, 1.82) is 0 Å². The molecule has 7 fully saturated rings. The summed E-state index contributed by atoms with van der Waals surface area (Å²) in [4.78, 5) is 13.1. The molecule has 0 aromatic heterocycles. The zero-order valence-corrected chi connectivity index (χ0v) is 39.4. The lowest BCUT2D eigenvalue weighted by atomic mass is 9.33. The third-order valence-electron chi connectivity index (χ3n) is 19.3. The van der Waals surface area contributed by atoms with E-state index in [1.807, 2.05) is 0 Å². The van der Waals surface area contributed by atoms with E-state index < -0.39 is 128 Å². The summed E-state index contributed by atoms with van der Waals surface area (Å²) in [6, 6.07) is 0. The lowest BCUT2D eigenvalue weighted by Crippen LogP contribution is -2.66. The molecule has 3 heterocycles. The number of carboxylic acids is 1. The Bertz CT molecular complexity index is 1780. The molecule has 17 heteroatoms. The molecule has 5 aliphatic carbocycles. The molecular weight excluding hydrogens is 849 g/mol. The van der Waals surface area contributed by atoms with Gasteiger partial charge in [-0.1, -0.05) is 60.1 Å². The van der Waals surface area contributed by atoms with Gasteiger partial charge in [0.1, 0.15) is 67.1 Å². The fourth-order valence-corrected chi connectivity index (χ4v) is 15.0. The van der Waals surface area contributed by atoms with Gasteiger partial charge in [-0.2, -0.15) is 0 Å². The molecule has 0 radical (unpaired) electrons. The Morgan fingerprint density at radius 1 is 0.677 bits per heavy atom. The van der Waals surface area contributed by atoms with Gasteiger partial charge in [-0.25, -0.2) is 0 Å². The standard InChI is InChI=1S/C48H78O17/c1-22-30(50)32(52)35(55)40(61-22)65-38-25(20-49)62-39(37(57)34(38)54)60-21-26-31(51)33(53)36(56)41(63-26)64-29-12-13-45(6)27(44(29,4)5)11-14-47(8)28(45)10-9-23-24-19-43(2,3)15-17-48(24,42(58)59)18-16-46(23,47)7/h9,22,24-41,49-57H,10-21H2,1-8H3,(H,58,59)/t22-,24-,25+,26+,27-,28+,29-,30-,31+,32+,33-,34+,35+,36+,37+,38+,39+,40-,41-,45-,46+,47+,48-/m0/s1. The maximum absolute atomic E-state index is 13.1. The van der Waals surface area contributed by atoms with Gasteiger partial charge in [0.2, 0.25) is 0 Å². The molecular formula is C48H78O17. The van der Waals surface area contributed by atoms with Crippen molar-refractivity contribution in [2.24, 2.45) is 50.2 Å². The van der Waals surface area contributed by atoms with Gasteiger partial charge in [-0.05, 0) is 116 Å². The number of aliphatic carboxylic acids is 1. The molecule has 0 amide bonds. The van der Waals surface area contributed by atoms with Crippen LogP contribution in [0.25, 0.3) is 0 Å². The van der Waals surface area contributed by atoms with Crippen LogP contribution in [0.4, 0.5) is 0 Å². The van der Waals surface area contributed by atoms with Crippen LogP contribution in [0.15, 0.2) is 11.6 Å². The molecule has 4 saturated carbocycles. The zero-order chi connectivity index (χ0) is 47.6. The van der Waals surface area contributed by atoms with Gasteiger partial charge < -0.3 is 79.5 Å². The molecule has 8 aliphatic rings. The fraction of sp³-hybridized carbons (Fsp3) is 0.938. The molecule has 17 nitrogen and oxygen atoms in total. The topological polar surface area (TPSA) is 275 Å². The van der Waals surface area contributed by atoms with E-state index >= 15 is 0 Å². The number of hydrogen-bond acceptors (Lipinski definition) is 16. The Balaban J connectivity index is 0.935. The van der Waals surface area contributed by atoms with Gasteiger partial charge in [-0.15, -0.1) is 0 Å². The summed E-state index contributed by atoms with van der Waals surface area (Å²) in [5.74, 6) is -0.0252. The van der Waals surface area contributed by atoms with Crippen molar-refractivity contribution in [3.05, 3.63) is 11.6 Å². The van der Waals surface area contributed by atoms with Gasteiger partial charge >= 0.3 is 5.97 Å². The summed E-state index contributed by atoms with van der Waals surface area (Å²) < 4.78 is 35.5. The molecule has 3 aliphatic heterocycles. The van der Waals surface area contributed by atoms with Crippen molar-refractivity contribution in [3.63, 3.8) is 0 Å². The molecule has 0 aromatic carbocycles. The van der Waals surface area contributed by atoms with E-state index in [0.717, 1.165) is 51.4 Å². The number of rotatable bonds is 9. The summed E-state index contributed by atoms with van der Waals surface area (Å²) in [6.45, 7) is 16.6. The Morgan fingerprint density at radius 3 is 1.95 bits per heavy atom. The number of ether oxygens (including phenoxy) is 6. The third kappa shape index (κ3) is 7.90. The number of aliphatic hydroxyl groups is 9. The van der Waals surface area contributed by atoms with Crippen molar-refractivity contribution in [3.8, 4) is 0 Å². The minimum Gasteiger partial charge on any atom is -0.481 e. The number of hydrogen-bond donors (Lipinski definition) is 10. The number of carbonyl (C=O) groups is 1. The Hall–Kier alpha value is -1.39. The van der Waals surface area contributed by atoms with E-state index in [4.69, 9.17) is 28.4 Å². The van der Waals surface area contributed by atoms with Crippen molar-refractivity contribution in [2.75, 3.05) is 13.2 Å². The maximum atomic E-state index is 13.1. The van der Waals surface area contributed by atoms with Crippen LogP contribution in [0.2, 0.25) is 0 Å². The van der Waals surface area contributed by atoms with Gasteiger partial charge in [0.25, 0.3) is 0 Å². The quantitative estimate of drug-likeness (QED) is 0.117. The average Bonchev–Trinajstić information content (AvgIpc) is 3.24. The van der Waals surface area contributed by atoms with E-state index in [0.29, 0.717) is 18.8 Å². The predicted octanol–water partition coefficient (Wildman–Crippen LogP) is 1.73. The summed E-state index contributed by atoms with van der Waals surface area (Å²) in [7, 11) is 0. The summed E-state index contributed by atoms with van der Waals surface area (Å²) >= 11 is 0. The first-order chi connectivity index (χ1) is 30.3. The maximum Gasteiger partial charge on any atom is 0.310 e.